The van der Waals surface area contributed by atoms with Crippen molar-refractivity contribution in [3.05, 3.63) is 46.9 Å². The highest BCUT2D eigenvalue weighted by atomic mass is 35.5. The lowest BCUT2D eigenvalue weighted by Gasteiger charge is -2.29. The van der Waals surface area contributed by atoms with Crippen LogP contribution >= 0.6 is 11.6 Å². The fourth-order valence-corrected chi connectivity index (χ4v) is 4.62. The number of carbonyl (C=O) groups excluding carboxylic acids is 1. The molecule has 174 valence electrons. The molecular weight excluding hydrogens is 446 g/mol. The van der Waals surface area contributed by atoms with E-state index in [9.17, 15) is 9.90 Å². The third-order valence-electron chi connectivity index (χ3n) is 6.20. The van der Waals surface area contributed by atoms with Crippen LogP contribution in [0.15, 0.2) is 30.7 Å². The van der Waals surface area contributed by atoms with Crippen molar-refractivity contribution in [2.75, 3.05) is 49.7 Å². The molecular formula is C23H26ClN5O4. The van der Waals surface area contributed by atoms with Crippen LogP contribution in [0.5, 0.6) is 0 Å². The predicted molar refractivity (Wildman–Crippen MR) is 125 cm³/mol. The van der Waals surface area contributed by atoms with Crippen LogP contribution in [-0.2, 0) is 9.47 Å². The number of H-pyrrole nitrogens is 1. The number of aliphatic hydroxyl groups excluding tert-OH is 1. The first-order chi connectivity index (χ1) is 16.1. The summed E-state index contributed by atoms with van der Waals surface area (Å²) in [4.78, 5) is 27.4. The Kier molecular flexibility index (Phi) is 6.45. The van der Waals surface area contributed by atoms with Crippen LogP contribution in [0.2, 0.25) is 5.02 Å². The molecule has 2 saturated heterocycles. The monoisotopic (exact) mass is 471 g/mol. The average Bonchev–Trinajstić information content (AvgIpc) is 3.30. The van der Waals surface area contributed by atoms with Crippen LogP contribution in [-0.4, -0.2) is 77.5 Å². The lowest BCUT2D eigenvalue weighted by Crippen LogP contribution is -2.36. The largest absolute Gasteiger partial charge is 0.394 e. The van der Waals surface area contributed by atoms with Crippen molar-refractivity contribution >= 4 is 39.9 Å². The Bertz CT molecular complexity index is 1140. The van der Waals surface area contributed by atoms with Crippen molar-refractivity contribution in [2.24, 2.45) is 0 Å². The molecule has 4 heterocycles. The van der Waals surface area contributed by atoms with Crippen LogP contribution < -0.4 is 10.2 Å². The number of aliphatic hydroxyl groups is 1. The quantitative estimate of drug-likeness (QED) is 0.470. The zero-order chi connectivity index (χ0) is 22.8. The number of hydrogen-bond acceptors (Lipinski definition) is 8. The fraction of sp³-hybridized carbons (Fsp3) is 0.435. The number of aromatic nitrogens is 3. The Morgan fingerprint density at radius 1 is 1.24 bits per heavy atom. The summed E-state index contributed by atoms with van der Waals surface area (Å²) in [6, 6.07) is 5.56. The molecule has 0 unspecified atom stereocenters. The van der Waals surface area contributed by atoms with Crippen molar-refractivity contribution in [1.29, 1.82) is 0 Å². The molecule has 0 radical (unpaired) electrons. The Labute approximate surface area is 196 Å². The number of rotatable bonds is 6. The average molecular weight is 472 g/mol. The van der Waals surface area contributed by atoms with Crippen molar-refractivity contribution in [3.8, 4) is 0 Å². The number of nitrogens with one attached hydrogen (secondary N) is 2. The fourth-order valence-electron chi connectivity index (χ4n) is 4.36. The topological polar surface area (TPSA) is 113 Å². The minimum atomic E-state index is -0.196. The first-order valence-corrected chi connectivity index (χ1v) is 11.5. The van der Waals surface area contributed by atoms with E-state index in [0.29, 0.717) is 52.8 Å². The number of hydrogen-bond donors (Lipinski definition) is 3. The number of carbonyl (C=O) groups is 1. The van der Waals surface area contributed by atoms with Gasteiger partial charge in [-0.15, -0.1) is 0 Å². The lowest BCUT2D eigenvalue weighted by atomic mass is 10.0. The van der Waals surface area contributed by atoms with Gasteiger partial charge in [-0.1, -0.05) is 11.6 Å². The number of halogens is 1. The second kappa shape index (κ2) is 9.64. The molecule has 5 rings (SSSR count). The number of benzene rings is 1. The number of nitrogens with zero attached hydrogens (tertiary/aromatic N) is 3. The molecule has 2 fully saturated rings. The molecule has 0 bridgehead atoms. The molecule has 3 aromatic rings. The van der Waals surface area contributed by atoms with Crippen LogP contribution in [0.4, 0.5) is 11.5 Å². The van der Waals surface area contributed by atoms with Gasteiger partial charge in [0.05, 0.1) is 54.5 Å². The van der Waals surface area contributed by atoms with Crippen molar-refractivity contribution in [1.82, 2.24) is 15.0 Å². The number of anilines is 2. The Morgan fingerprint density at radius 2 is 2.09 bits per heavy atom. The first-order valence-electron chi connectivity index (χ1n) is 11.1. The molecule has 1 aromatic carbocycles. The van der Waals surface area contributed by atoms with E-state index < -0.39 is 0 Å². The summed E-state index contributed by atoms with van der Waals surface area (Å²) >= 11 is 6.56. The van der Waals surface area contributed by atoms with E-state index >= 15 is 0 Å². The predicted octanol–water partition coefficient (Wildman–Crippen LogP) is 2.63. The summed E-state index contributed by atoms with van der Waals surface area (Å²) in [5.41, 5.74) is 2.43. The second-order valence-electron chi connectivity index (χ2n) is 8.30. The van der Waals surface area contributed by atoms with Crippen LogP contribution in [0, 0.1) is 0 Å². The molecule has 2 aromatic heterocycles. The van der Waals surface area contributed by atoms with Crippen molar-refractivity contribution in [2.45, 2.75) is 25.0 Å². The number of fused-ring (bicyclic) bond motifs is 1. The maximum atomic E-state index is 13.5. The van der Waals surface area contributed by atoms with Gasteiger partial charge in [-0.3, -0.25) is 4.79 Å². The number of ether oxygens (including phenoxy) is 2. The van der Waals surface area contributed by atoms with E-state index in [2.05, 4.69) is 25.2 Å². The van der Waals surface area contributed by atoms with Gasteiger partial charge in [0.25, 0.3) is 0 Å². The molecule has 0 aliphatic carbocycles. The van der Waals surface area contributed by atoms with Crippen molar-refractivity contribution in [3.63, 3.8) is 0 Å². The van der Waals surface area contributed by atoms with Gasteiger partial charge in [0.1, 0.15) is 17.8 Å². The van der Waals surface area contributed by atoms with E-state index in [4.69, 9.17) is 21.1 Å². The van der Waals surface area contributed by atoms with Crippen LogP contribution in [0.3, 0.4) is 0 Å². The first kappa shape index (κ1) is 22.1. The van der Waals surface area contributed by atoms with Gasteiger partial charge in [-0.05, 0) is 31.0 Å². The van der Waals surface area contributed by atoms with Gasteiger partial charge in [0.15, 0.2) is 5.78 Å². The second-order valence-corrected chi connectivity index (χ2v) is 8.70. The molecule has 10 heteroatoms. The Balaban J connectivity index is 1.41. The highest BCUT2D eigenvalue weighted by Gasteiger charge is 2.25. The zero-order valence-corrected chi connectivity index (χ0v) is 18.8. The van der Waals surface area contributed by atoms with Crippen LogP contribution in [0.25, 0.3) is 11.0 Å². The summed E-state index contributed by atoms with van der Waals surface area (Å²) in [6.07, 6.45) is 4.57. The van der Waals surface area contributed by atoms with E-state index in [1.165, 1.54) is 6.33 Å². The van der Waals surface area contributed by atoms with Gasteiger partial charge in [-0.2, -0.15) is 0 Å². The molecule has 33 heavy (non-hydrogen) atoms. The standard InChI is InChI=1S/C23H26ClN5O4/c24-19-9-15(29-5-7-32-8-6-29)2-4-17(19)21(31)18-10-25-22-20(18)23(27-13-26-22)28-14-1-3-16(11-30)33-12-14/h2,4,9-10,13-14,16,30H,1,3,5-8,11-12H2,(H2,25,26,27,28)/t14-,16+/m1/s1. The third kappa shape index (κ3) is 4.54. The summed E-state index contributed by atoms with van der Waals surface area (Å²) in [7, 11) is 0. The minimum Gasteiger partial charge on any atom is -0.394 e. The van der Waals surface area contributed by atoms with E-state index in [-0.39, 0.29) is 24.5 Å². The number of aromatic amines is 1. The zero-order valence-electron chi connectivity index (χ0n) is 18.1. The maximum absolute atomic E-state index is 13.5. The Hall–Kier alpha value is -2.72. The van der Waals surface area contributed by atoms with Crippen molar-refractivity contribution < 1.29 is 19.4 Å². The molecule has 0 spiro atoms. The maximum Gasteiger partial charge on any atom is 0.196 e. The molecule has 2 aliphatic heterocycles. The third-order valence-corrected chi connectivity index (χ3v) is 6.52. The Morgan fingerprint density at radius 3 is 2.82 bits per heavy atom. The van der Waals surface area contributed by atoms with Crippen LogP contribution in [0.1, 0.15) is 28.8 Å². The summed E-state index contributed by atoms with van der Waals surface area (Å²) in [5, 5.41) is 13.7. The van der Waals surface area contributed by atoms with E-state index in [0.717, 1.165) is 31.6 Å². The summed E-state index contributed by atoms with van der Waals surface area (Å²) in [5.74, 6) is 0.375. The van der Waals surface area contributed by atoms with Gasteiger partial charge >= 0.3 is 0 Å². The SMILES string of the molecule is O=C(c1ccc(N2CCOCC2)cc1Cl)c1c[nH]c2ncnc(N[C@@H]3CC[C@@H](CO)OC3)c12. The lowest BCUT2D eigenvalue weighted by molar-refractivity contribution is -0.0224. The van der Waals surface area contributed by atoms with E-state index in [1.807, 2.05) is 12.1 Å². The molecule has 0 amide bonds. The van der Waals surface area contributed by atoms with Gasteiger partial charge < -0.3 is 29.8 Å². The number of morpholine rings is 1. The normalized spacial score (nSPS) is 21.3. The molecule has 3 N–H and O–H groups in total. The highest BCUT2D eigenvalue weighted by molar-refractivity contribution is 6.36. The van der Waals surface area contributed by atoms with Gasteiger partial charge in [-0.25, -0.2) is 9.97 Å². The molecule has 2 aliphatic rings. The molecule has 2 atom stereocenters. The smallest absolute Gasteiger partial charge is 0.196 e. The number of ketones is 1. The summed E-state index contributed by atoms with van der Waals surface area (Å²) in [6.45, 7) is 3.42. The highest BCUT2D eigenvalue weighted by Crippen LogP contribution is 2.31. The minimum absolute atomic E-state index is 0.0199. The van der Waals surface area contributed by atoms with Gasteiger partial charge in [0, 0.05) is 30.5 Å². The molecule has 9 nitrogen and oxygen atoms in total. The van der Waals surface area contributed by atoms with Gasteiger partial charge in [0.2, 0.25) is 0 Å². The van der Waals surface area contributed by atoms with E-state index in [1.54, 1.807) is 12.3 Å². The molecule has 0 saturated carbocycles. The summed E-state index contributed by atoms with van der Waals surface area (Å²) < 4.78 is 11.1.